The summed E-state index contributed by atoms with van der Waals surface area (Å²) in [6.45, 7) is 0.761. The van der Waals surface area contributed by atoms with Gasteiger partial charge in [0, 0.05) is 25.0 Å². The van der Waals surface area contributed by atoms with Crippen LogP contribution in [-0.2, 0) is 11.3 Å². The zero-order valence-electron chi connectivity index (χ0n) is 16.9. The van der Waals surface area contributed by atoms with Crippen molar-refractivity contribution >= 4 is 5.91 Å². The van der Waals surface area contributed by atoms with E-state index in [9.17, 15) is 15.0 Å². The summed E-state index contributed by atoms with van der Waals surface area (Å²) in [6, 6.07) is 14.5. The lowest BCUT2D eigenvalue weighted by molar-refractivity contribution is -0.697. The van der Waals surface area contributed by atoms with Crippen molar-refractivity contribution in [3.05, 3.63) is 66.5 Å². The van der Waals surface area contributed by atoms with Gasteiger partial charge in [-0.2, -0.15) is 0 Å². The number of aliphatic hydroxyl groups is 2. The molecule has 29 heavy (non-hydrogen) atoms. The molecule has 0 unspecified atom stereocenters. The molecule has 0 aliphatic heterocycles. The average molecular weight is 465 g/mol. The van der Waals surface area contributed by atoms with Crippen LogP contribution < -0.4 is 26.9 Å². The molecular formula is C23H33BrN2O3. The van der Waals surface area contributed by atoms with E-state index in [1.165, 1.54) is 19.3 Å². The number of aliphatic hydroxyl groups excluding tert-OH is 2. The maximum absolute atomic E-state index is 12.1. The lowest BCUT2D eigenvalue weighted by atomic mass is 10.0. The lowest BCUT2D eigenvalue weighted by Crippen LogP contribution is -3.00. The molecule has 1 aromatic carbocycles. The number of unbranched alkanes of at least 4 members (excludes halogenated alkanes) is 5. The van der Waals surface area contributed by atoms with Gasteiger partial charge in [-0.05, 0) is 18.4 Å². The summed E-state index contributed by atoms with van der Waals surface area (Å²) in [6.07, 6.45) is 10.2. The van der Waals surface area contributed by atoms with Gasteiger partial charge in [0.05, 0.1) is 12.6 Å². The van der Waals surface area contributed by atoms with Crippen LogP contribution >= 0.6 is 0 Å². The number of aryl methyl sites for hydroxylation is 1. The largest absolute Gasteiger partial charge is 1.00 e. The van der Waals surface area contributed by atoms with Gasteiger partial charge in [-0.3, -0.25) is 4.79 Å². The Kier molecular flexibility index (Phi) is 13.2. The Bertz CT molecular complexity index is 670. The van der Waals surface area contributed by atoms with Gasteiger partial charge in [-0.25, -0.2) is 4.57 Å². The third-order valence-electron chi connectivity index (χ3n) is 4.91. The first-order valence-corrected chi connectivity index (χ1v) is 10.3. The van der Waals surface area contributed by atoms with Crippen LogP contribution in [0.15, 0.2) is 60.9 Å². The molecule has 5 nitrogen and oxygen atoms in total. The van der Waals surface area contributed by atoms with Crippen molar-refractivity contribution in [2.24, 2.45) is 0 Å². The SMILES string of the molecule is O=C(CCCCCCCC[n+]1ccccc1)N[C@H](CO)[C@@H](O)c1ccccc1.[Br-]. The standard InChI is InChI=1S/C23H32N2O3.BrH/c26-19-21(23(28)20-13-7-5-8-14-20)24-22(27)15-9-3-1-2-4-10-16-25-17-11-6-12-18-25;/h5-8,11-14,17-18,21,23,26,28H,1-4,9-10,15-16,19H2;1H/t21-,23+;/m1./s1. The monoisotopic (exact) mass is 464 g/mol. The number of nitrogens with one attached hydrogen (secondary N) is 1. The molecule has 3 N–H and O–H groups in total. The summed E-state index contributed by atoms with van der Waals surface area (Å²) in [5, 5.41) is 22.6. The smallest absolute Gasteiger partial charge is 0.220 e. The number of hydrogen-bond donors (Lipinski definition) is 3. The third-order valence-corrected chi connectivity index (χ3v) is 4.91. The minimum absolute atomic E-state index is 0. The summed E-state index contributed by atoms with van der Waals surface area (Å²) in [4.78, 5) is 12.1. The molecule has 0 aliphatic carbocycles. The number of hydrogen-bond acceptors (Lipinski definition) is 3. The number of nitrogens with zero attached hydrogens (tertiary/aromatic N) is 1. The highest BCUT2D eigenvalue weighted by molar-refractivity contribution is 5.76. The van der Waals surface area contributed by atoms with E-state index in [-0.39, 0.29) is 29.5 Å². The molecule has 0 spiro atoms. The average Bonchev–Trinajstić information content (AvgIpc) is 2.74. The number of halogens is 1. The third kappa shape index (κ3) is 10.0. The van der Waals surface area contributed by atoms with Gasteiger partial charge in [-0.1, -0.05) is 55.7 Å². The van der Waals surface area contributed by atoms with Gasteiger partial charge < -0.3 is 32.5 Å². The Balaban J connectivity index is 0.00000420. The number of aromatic nitrogens is 1. The molecule has 0 radical (unpaired) electrons. The molecule has 0 aliphatic rings. The van der Waals surface area contributed by atoms with Gasteiger partial charge >= 0.3 is 0 Å². The molecule has 0 saturated heterocycles. The van der Waals surface area contributed by atoms with Crippen molar-refractivity contribution in [2.45, 2.75) is 63.6 Å². The number of rotatable bonds is 13. The normalized spacial score (nSPS) is 12.6. The quantitative estimate of drug-likeness (QED) is 0.286. The maximum atomic E-state index is 12.1. The molecule has 0 bridgehead atoms. The van der Waals surface area contributed by atoms with E-state index in [0.717, 1.165) is 25.8 Å². The lowest BCUT2D eigenvalue weighted by Gasteiger charge is -2.22. The highest BCUT2D eigenvalue weighted by Crippen LogP contribution is 2.16. The molecule has 2 atom stereocenters. The Morgan fingerprint density at radius 1 is 0.897 bits per heavy atom. The zero-order chi connectivity index (χ0) is 20.0. The van der Waals surface area contributed by atoms with Crippen LogP contribution in [0.2, 0.25) is 0 Å². The number of amides is 1. The second-order valence-electron chi connectivity index (χ2n) is 7.20. The van der Waals surface area contributed by atoms with E-state index < -0.39 is 12.1 Å². The Morgan fingerprint density at radius 3 is 2.14 bits per heavy atom. The Labute approximate surface area is 184 Å². The van der Waals surface area contributed by atoms with Crippen molar-refractivity contribution in [1.29, 1.82) is 0 Å². The van der Waals surface area contributed by atoms with Crippen LogP contribution in [0.25, 0.3) is 0 Å². The van der Waals surface area contributed by atoms with E-state index in [1.807, 2.05) is 36.4 Å². The zero-order valence-corrected chi connectivity index (χ0v) is 18.5. The van der Waals surface area contributed by atoms with E-state index in [2.05, 4.69) is 22.3 Å². The summed E-state index contributed by atoms with van der Waals surface area (Å²) in [5.74, 6) is -0.116. The molecule has 2 rings (SSSR count). The van der Waals surface area contributed by atoms with Gasteiger partial charge in [-0.15, -0.1) is 0 Å². The van der Waals surface area contributed by atoms with Crippen molar-refractivity contribution < 1.29 is 36.6 Å². The fraction of sp³-hybridized carbons (Fsp3) is 0.478. The van der Waals surface area contributed by atoms with Crippen LogP contribution in [0.5, 0.6) is 0 Å². The number of carbonyl (C=O) groups is 1. The molecule has 160 valence electrons. The first-order chi connectivity index (χ1) is 13.7. The van der Waals surface area contributed by atoms with Crippen LogP contribution in [0, 0.1) is 0 Å². The summed E-state index contributed by atoms with van der Waals surface area (Å²) in [7, 11) is 0. The highest BCUT2D eigenvalue weighted by Gasteiger charge is 2.21. The van der Waals surface area contributed by atoms with Crippen LogP contribution in [-0.4, -0.2) is 28.8 Å². The van der Waals surface area contributed by atoms with Crippen LogP contribution in [0.1, 0.15) is 56.6 Å². The predicted molar refractivity (Wildman–Crippen MR) is 109 cm³/mol. The van der Waals surface area contributed by atoms with Crippen LogP contribution in [0.4, 0.5) is 0 Å². The van der Waals surface area contributed by atoms with Crippen molar-refractivity contribution in [1.82, 2.24) is 5.32 Å². The number of pyridine rings is 1. The van der Waals surface area contributed by atoms with E-state index in [1.54, 1.807) is 12.1 Å². The maximum Gasteiger partial charge on any atom is 0.220 e. The topological polar surface area (TPSA) is 73.4 Å². The van der Waals surface area contributed by atoms with E-state index in [4.69, 9.17) is 0 Å². The van der Waals surface area contributed by atoms with Gasteiger partial charge in [0.15, 0.2) is 12.4 Å². The van der Waals surface area contributed by atoms with Gasteiger partial charge in [0.1, 0.15) is 12.6 Å². The van der Waals surface area contributed by atoms with E-state index in [0.29, 0.717) is 12.0 Å². The number of carbonyl (C=O) groups excluding carboxylic acids is 1. The molecule has 1 amide bonds. The molecule has 0 saturated carbocycles. The fourth-order valence-electron chi connectivity index (χ4n) is 3.26. The predicted octanol–water partition coefficient (Wildman–Crippen LogP) is -0.0805. The van der Waals surface area contributed by atoms with E-state index >= 15 is 0 Å². The second-order valence-corrected chi connectivity index (χ2v) is 7.20. The molecule has 1 aromatic heterocycles. The molecular weight excluding hydrogens is 432 g/mol. The van der Waals surface area contributed by atoms with Gasteiger partial charge in [0.2, 0.25) is 5.91 Å². The molecule has 6 heteroatoms. The summed E-state index contributed by atoms with van der Waals surface area (Å²) < 4.78 is 2.20. The summed E-state index contributed by atoms with van der Waals surface area (Å²) in [5.41, 5.74) is 0.690. The Morgan fingerprint density at radius 2 is 1.48 bits per heavy atom. The Hall–Kier alpha value is -1.76. The van der Waals surface area contributed by atoms with Crippen molar-refractivity contribution in [3.8, 4) is 0 Å². The molecule has 2 aromatic rings. The molecule has 0 fully saturated rings. The van der Waals surface area contributed by atoms with Crippen molar-refractivity contribution in [3.63, 3.8) is 0 Å². The minimum Gasteiger partial charge on any atom is -1.00 e. The van der Waals surface area contributed by atoms with Crippen molar-refractivity contribution in [2.75, 3.05) is 6.61 Å². The first kappa shape index (κ1) is 25.3. The first-order valence-electron chi connectivity index (χ1n) is 10.3. The summed E-state index contributed by atoms with van der Waals surface area (Å²) >= 11 is 0. The van der Waals surface area contributed by atoms with Crippen LogP contribution in [0.3, 0.4) is 0 Å². The highest BCUT2D eigenvalue weighted by atomic mass is 79.9. The molecule has 1 heterocycles. The van der Waals surface area contributed by atoms with Gasteiger partial charge in [0.25, 0.3) is 0 Å². The number of benzene rings is 1. The minimum atomic E-state index is -0.905. The second kappa shape index (κ2) is 15.1. The fourth-order valence-corrected chi connectivity index (χ4v) is 3.26.